The van der Waals surface area contributed by atoms with E-state index in [1.165, 1.54) is 5.69 Å². The fourth-order valence-electron chi connectivity index (χ4n) is 2.75. The molecule has 0 aliphatic carbocycles. The second-order valence-corrected chi connectivity index (χ2v) is 5.85. The summed E-state index contributed by atoms with van der Waals surface area (Å²) in [6.45, 7) is 4.92. The second kappa shape index (κ2) is 6.37. The van der Waals surface area contributed by atoms with Crippen molar-refractivity contribution in [1.82, 2.24) is 4.90 Å². The lowest BCUT2D eigenvalue weighted by Crippen LogP contribution is -2.45. The van der Waals surface area contributed by atoms with E-state index in [-0.39, 0.29) is 0 Å². The number of aromatic hydroxyl groups is 1. The molecule has 0 bridgehead atoms. The van der Waals surface area contributed by atoms with Crippen molar-refractivity contribution in [3.8, 4) is 5.75 Å². The Kier molecular flexibility index (Phi) is 4.32. The molecule has 0 radical (unpaired) electrons. The Morgan fingerprint density at radius 2 is 1.71 bits per heavy atom. The molecule has 110 valence electrons. The molecule has 1 heterocycles. The highest BCUT2D eigenvalue weighted by Gasteiger charge is 2.17. The van der Waals surface area contributed by atoms with Crippen LogP contribution in [0.1, 0.15) is 5.56 Å². The van der Waals surface area contributed by atoms with Crippen LogP contribution in [0.5, 0.6) is 5.75 Å². The Hall–Kier alpha value is -1.71. The van der Waals surface area contributed by atoms with Gasteiger partial charge in [0.25, 0.3) is 0 Å². The van der Waals surface area contributed by atoms with E-state index in [4.69, 9.17) is 11.6 Å². The quantitative estimate of drug-likeness (QED) is 0.942. The van der Waals surface area contributed by atoms with Gasteiger partial charge in [-0.25, -0.2) is 0 Å². The fourth-order valence-corrected chi connectivity index (χ4v) is 2.93. The van der Waals surface area contributed by atoms with E-state index in [9.17, 15) is 5.11 Å². The predicted octanol–water partition coefficient (Wildman–Crippen LogP) is 3.37. The number of piperazine rings is 1. The molecule has 0 aromatic heterocycles. The third-order valence-electron chi connectivity index (χ3n) is 3.86. The van der Waals surface area contributed by atoms with Crippen LogP contribution in [0.25, 0.3) is 0 Å². The number of rotatable bonds is 3. The van der Waals surface area contributed by atoms with Gasteiger partial charge in [0.1, 0.15) is 5.75 Å². The zero-order valence-electron chi connectivity index (χ0n) is 11.9. The Morgan fingerprint density at radius 1 is 0.952 bits per heavy atom. The van der Waals surface area contributed by atoms with Gasteiger partial charge in [0.2, 0.25) is 0 Å². The smallest absolute Gasteiger partial charge is 0.115 e. The lowest BCUT2D eigenvalue weighted by atomic mass is 10.2. The zero-order chi connectivity index (χ0) is 14.7. The van der Waals surface area contributed by atoms with Gasteiger partial charge in [0.05, 0.1) is 0 Å². The molecule has 1 aliphatic heterocycles. The molecule has 0 saturated carbocycles. The first-order valence-electron chi connectivity index (χ1n) is 7.21. The zero-order valence-corrected chi connectivity index (χ0v) is 12.6. The van der Waals surface area contributed by atoms with Crippen LogP contribution in [0.3, 0.4) is 0 Å². The van der Waals surface area contributed by atoms with Crippen molar-refractivity contribution in [1.29, 1.82) is 0 Å². The second-order valence-electron chi connectivity index (χ2n) is 5.41. The van der Waals surface area contributed by atoms with Crippen molar-refractivity contribution < 1.29 is 5.11 Å². The van der Waals surface area contributed by atoms with Crippen LogP contribution in [0, 0.1) is 0 Å². The largest absolute Gasteiger partial charge is 0.508 e. The van der Waals surface area contributed by atoms with Gasteiger partial charge in [-0.3, -0.25) is 4.90 Å². The standard InChI is InChI=1S/C17H19ClN2O/c18-15-4-2-5-16(12-15)20-9-7-19(8-10-20)13-14-3-1-6-17(21)11-14/h1-6,11-12,21H,7-10,13H2. The van der Waals surface area contributed by atoms with Crippen LogP contribution < -0.4 is 4.90 Å². The van der Waals surface area contributed by atoms with Gasteiger partial charge in [-0.15, -0.1) is 0 Å². The van der Waals surface area contributed by atoms with Crippen molar-refractivity contribution >= 4 is 17.3 Å². The molecule has 0 spiro atoms. The molecule has 0 unspecified atom stereocenters. The number of hydrogen-bond acceptors (Lipinski definition) is 3. The van der Waals surface area contributed by atoms with Crippen molar-refractivity contribution in [2.45, 2.75) is 6.54 Å². The number of anilines is 1. The van der Waals surface area contributed by atoms with Crippen LogP contribution in [0.4, 0.5) is 5.69 Å². The summed E-state index contributed by atoms with van der Waals surface area (Å²) < 4.78 is 0. The third kappa shape index (κ3) is 3.69. The SMILES string of the molecule is Oc1cccc(CN2CCN(c3cccc(Cl)c3)CC2)c1. The summed E-state index contributed by atoms with van der Waals surface area (Å²) >= 11 is 6.05. The lowest BCUT2D eigenvalue weighted by molar-refractivity contribution is 0.249. The Labute approximate surface area is 130 Å². The van der Waals surface area contributed by atoms with Gasteiger partial charge in [-0.05, 0) is 35.9 Å². The minimum atomic E-state index is 0.338. The van der Waals surface area contributed by atoms with Crippen LogP contribution >= 0.6 is 11.6 Å². The molecule has 3 rings (SSSR count). The topological polar surface area (TPSA) is 26.7 Å². The highest BCUT2D eigenvalue weighted by atomic mass is 35.5. The van der Waals surface area contributed by atoms with Crippen molar-refractivity contribution in [3.05, 3.63) is 59.1 Å². The van der Waals surface area contributed by atoms with Gasteiger partial charge < -0.3 is 10.0 Å². The van der Waals surface area contributed by atoms with Crippen LogP contribution in [0.15, 0.2) is 48.5 Å². The molecule has 2 aromatic rings. The summed E-state index contributed by atoms with van der Waals surface area (Å²) in [6.07, 6.45) is 0. The Balaban J connectivity index is 1.58. The highest BCUT2D eigenvalue weighted by molar-refractivity contribution is 6.30. The Morgan fingerprint density at radius 3 is 2.43 bits per heavy atom. The molecule has 21 heavy (non-hydrogen) atoms. The first-order valence-corrected chi connectivity index (χ1v) is 7.59. The molecule has 4 heteroatoms. The average Bonchev–Trinajstić information content (AvgIpc) is 2.48. The third-order valence-corrected chi connectivity index (χ3v) is 4.10. The molecule has 1 aliphatic rings. The maximum atomic E-state index is 9.52. The molecular formula is C17H19ClN2O. The maximum absolute atomic E-state index is 9.52. The summed E-state index contributed by atoms with van der Waals surface area (Å²) in [6, 6.07) is 15.5. The van der Waals surface area contributed by atoms with Gasteiger partial charge in [-0.2, -0.15) is 0 Å². The minimum absolute atomic E-state index is 0.338. The van der Waals surface area contributed by atoms with E-state index in [1.807, 2.05) is 30.3 Å². The summed E-state index contributed by atoms with van der Waals surface area (Å²) in [4.78, 5) is 4.78. The van der Waals surface area contributed by atoms with Crippen LogP contribution in [-0.2, 0) is 6.54 Å². The number of nitrogens with zero attached hydrogens (tertiary/aromatic N) is 2. The van der Waals surface area contributed by atoms with E-state index < -0.39 is 0 Å². The van der Waals surface area contributed by atoms with Gasteiger partial charge >= 0.3 is 0 Å². The number of hydrogen-bond donors (Lipinski definition) is 1. The van der Waals surface area contributed by atoms with Crippen LogP contribution in [0.2, 0.25) is 5.02 Å². The summed E-state index contributed by atoms with van der Waals surface area (Å²) in [5, 5.41) is 10.3. The monoisotopic (exact) mass is 302 g/mol. The molecule has 1 fully saturated rings. The molecule has 3 nitrogen and oxygen atoms in total. The molecule has 0 amide bonds. The summed E-state index contributed by atoms with van der Waals surface area (Å²) in [7, 11) is 0. The average molecular weight is 303 g/mol. The molecule has 2 aromatic carbocycles. The summed E-state index contributed by atoms with van der Waals surface area (Å²) in [5.41, 5.74) is 2.35. The Bertz CT molecular complexity index is 609. The molecule has 1 saturated heterocycles. The minimum Gasteiger partial charge on any atom is -0.508 e. The van der Waals surface area contributed by atoms with Gasteiger partial charge in [-0.1, -0.05) is 29.8 Å². The van der Waals surface area contributed by atoms with Gasteiger partial charge in [0.15, 0.2) is 0 Å². The molecule has 0 atom stereocenters. The lowest BCUT2D eigenvalue weighted by Gasteiger charge is -2.36. The van der Waals surface area contributed by atoms with E-state index in [1.54, 1.807) is 6.07 Å². The van der Waals surface area contributed by atoms with E-state index in [0.717, 1.165) is 43.3 Å². The normalized spacial score (nSPS) is 16.1. The number of halogens is 1. The van der Waals surface area contributed by atoms with E-state index >= 15 is 0 Å². The predicted molar refractivity (Wildman–Crippen MR) is 87.0 cm³/mol. The first kappa shape index (κ1) is 14.2. The first-order chi connectivity index (χ1) is 10.2. The number of phenolic OH excluding ortho intramolecular Hbond substituents is 1. The maximum Gasteiger partial charge on any atom is 0.115 e. The van der Waals surface area contributed by atoms with Gasteiger partial charge in [0, 0.05) is 43.4 Å². The number of benzene rings is 2. The highest BCUT2D eigenvalue weighted by Crippen LogP contribution is 2.21. The van der Waals surface area contributed by atoms with E-state index in [2.05, 4.69) is 21.9 Å². The van der Waals surface area contributed by atoms with Crippen LogP contribution in [-0.4, -0.2) is 36.2 Å². The van der Waals surface area contributed by atoms with E-state index in [0.29, 0.717) is 5.75 Å². The fraction of sp³-hybridized carbons (Fsp3) is 0.294. The number of phenols is 1. The molecular weight excluding hydrogens is 284 g/mol. The molecule has 1 N–H and O–H groups in total. The summed E-state index contributed by atoms with van der Waals surface area (Å²) in [5.74, 6) is 0.338. The van der Waals surface area contributed by atoms with Crippen molar-refractivity contribution in [3.63, 3.8) is 0 Å². The van der Waals surface area contributed by atoms with Crippen molar-refractivity contribution in [2.24, 2.45) is 0 Å². The van der Waals surface area contributed by atoms with Crippen molar-refractivity contribution in [2.75, 3.05) is 31.1 Å².